The predicted octanol–water partition coefficient (Wildman–Crippen LogP) is 5.80. The van der Waals surface area contributed by atoms with Crippen molar-refractivity contribution in [2.75, 3.05) is 18.6 Å². The average molecular weight is 434 g/mol. The Kier molecular flexibility index (Phi) is 7.44. The van der Waals surface area contributed by atoms with Gasteiger partial charge in [0, 0.05) is 17.7 Å². The lowest BCUT2D eigenvalue weighted by atomic mass is 9.87. The molecule has 3 aromatic rings. The van der Waals surface area contributed by atoms with Gasteiger partial charge < -0.3 is 9.47 Å². The molecule has 0 saturated carbocycles. The first-order valence-corrected chi connectivity index (χ1v) is 10.3. The first kappa shape index (κ1) is 22.8. The van der Waals surface area contributed by atoms with E-state index in [-0.39, 0.29) is 11.1 Å². The number of non-ortho nitro benzene ring substituents is 1. The van der Waals surface area contributed by atoms with Crippen molar-refractivity contribution in [1.29, 1.82) is 0 Å². The summed E-state index contributed by atoms with van der Waals surface area (Å²) in [6.45, 7) is 7.35. The van der Waals surface area contributed by atoms with Gasteiger partial charge in [-0.3, -0.25) is 15.5 Å². The van der Waals surface area contributed by atoms with E-state index in [2.05, 4.69) is 43.4 Å². The lowest BCUT2D eigenvalue weighted by Gasteiger charge is -2.19. The number of benzene rings is 3. The fraction of sp³-hybridized carbons (Fsp3) is 0.240. The minimum absolute atomic E-state index is 0.0330. The molecule has 7 heteroatoms. The van der Waals surface area contributed by atoms with Crippen molar-refractivity contribution < 1.29 is 14.4 Å². The third kappa shape index (κ3) is 6.57. The maximum absolute atomic E-state index is 10.7. The van der Waals surface area contributed by atoms with E-state index in [1.165, 1.54) is 17.7 Å². The van der Waals surface area contributed by atoms with Crippen LogP contribution in [0.2, 0.25) is 0 Å². The standard InChI is InChI=1S/C25H27N3O4/c1-25(2,3)20-8-14-23(15-9-20)31-16-17-32-24-7-5-4-6-19(24)18-26-27-21-10-12-22(13-11-21)28(29)30/h4-15,18,27H,16-17H2,1-3H3/b26-18+. The lowest BCUT2D eigenvalue weighted by molar-refractivity contribution is -0.384. The SMILES string of the molecule is CC(C)(C)c1ccc(OCCOc2ccccc2/C=N/Nc2ccc([N+](=O)[O-])cc2)cc1. The van der Waals surface area contributed by atoms with Crippen LogP contribution in [0.15, 0.2) is 77.9 Å². The second kappa shape index (κ2) is 10.4. The van der Waals surface area contributed by atoms with Gasteiger partial charge in [0.15, 0.2) is 0 Å². The first-order valence-electron chi connectivity index (χ1n) is 10.3. The molecule has 0 radical (unpaired) electrons. The summed E-state index contributed by atoms with van der Waals surface area (Å²) in [6.07, 6.45) is 1.64. The lowest BCUT2D eigenvalue weighted by Crippen LogP contribution is -2.12. The van der Waals surface area contributed by atoms with Crippen LogP contribution in [-0.2, 0) is 5.41 Å². The molecule has 0 atom stereocenters. The minimum Gasteiger partial charge on any atom is -0.490 e. The highest BCUT2D eigenvalue weighted by molar-refractivity contribution is 5.84. The van der Waals surface area contributed by atoms with Crippen LogP contribution in [0.25, 0.3) is 0 Å². The summed E-state index contributed by atoms with van der Waals surface area (Å²) in [4.78, 5) is 10.3. The molecule has 0 unspecified atom stereocenters. The summed E-state index contributed by atoms with van der Waals surface area (Å²) >= 11 is 0. The molecule has 0 heterocycles. The van der Waals surface area contributed by atoms with Crippen molar-refractivity contribution in [3.8, 4) is 11.5 Å². The number of ether oxygens (including phenoxy) is 2. The molecule has 0 amide bonds. The van der Waals surface area contributed by atoms with Gasteiger partial charge >= 0.3 is 0 Å². The number of nitro benzene ring substituents is 1. The molecule has 3 aromatic carbocycles. The van der Waals surface area contributed by atoms with E-state index in [4.69, 9.17) is 9.47 Å². The zero-order chi connectivity index (χ0) is 23.0. The molecule has 166 valence electrons. The molecule has 7 nitrogen and oxygen atoms in total. The molecule has 0 saturated heterocycles. The number of nitrogens with one attached hydrogen (secondary N) is 1. The monoisotopic (exact) mass is 433 g/mol. The second-order valence-corrected chi connectivity index (χ2v) is 8.18. The van der Waals surface area contributed by atoms with Crippen LogP contribution in [0.1, 0.15) is 31.9 Å². The van der Waals surface area contributed by atoms with Gasteiger partial charge in [-0.25, -0.2) is 0 Å². The van der Waals surface area contributed by atoms with Crippen LogP contribution in [-0.4, -0.2) is 24.4 Å². The Hall–Kier alpha value is -3.87. The van der Waals surface area contributed by atoms with Crippen molar-refractivity contribution >= 4 is 17.6 Å². The fourth-order valence-corrected chi connectivity index (χ4v) is 2.91. The molecular formula is C25H27N3O4. The van der Waals surface area contributed by atoms with Crippen molar-refractivity contribution in [2.24, 2.45) is 5.10 Å². The maximum atomic E-state index is 10.7. The number of nitro groups is 1. The number of hydrogen-bond acceptors (Lipinski definition) is 6. The Labute approximate surface area is 187 Å². The summed E-state index contributed by atoms with van der Waals surface area (Å²) in [6, 6.07) is 21.7. The zero-order valence-electron chi connectivity index (χ0n) is 18.4. The third-order valence-electron chi connectivity index (χ3n) is 4.72. The van der Waals surface area contributed by atoms with Crippen LogP contribution < -0.4 is 14.9 Å². The molecular weight excluding hydrogens is 406 g/mol. The Bertz CT molecular complexity index is 1060. The van der Waals surface area contributed by atoms with E-state index in [1.54, 1.807) is 18.3 Å². The summed E-state index contributed by atoms with van der Waals surface area (Å²) < 4.78 is 11.6. The number of para-hydroxylation sites is 1. The third-order valence-corrected chi connectivity index (χ3v) is 4.72. The maximum Gasteiger partial charge on any atom is 0.269 e. The highest BCUT2D eigenvalue weighted by Crippen LogP contribution is 2.24. The van der Waals surface area contributed by atoms with E-state index in [0.717, 1.165) is 11.3 Å². The summed E-state index contributed by atoms with van der Waals surface area (Å²) in [5.74, 6) is 1.50. The molecule has 0 aliphatic rings. The van der Waals surface area contributed by atoms with Crippen LogP contribution >= 0.6 is 0 Å². The quantitative estimate of drug-likeness (QED) is 0.200. The number of hydrazone groups is 1. The molecule has 0 aliphatic heterocycles. The number of hydrogen-bond donors (Lipinski definition) is 1. The molecule has 0 spiro atoms. The van der Waals surface area contributed by atoms with E-state index >= 15 is 0 Å². The largest absolute Gasteiger partial charge is 0.490 e. The van der Waals surface area contributed by atoms with Gasteiger partial charge in [0.2, 0.25) is 0 Å². The Balaban J connectivity index is 1.50. The average Bonchev–Trinajstić information content (AvgIpc) is 2.78. The predicted molar refractivity (Wildman–Crippen MR) is 127 cm³/mol. The fourth-order valence-electron chi connectivity index (χ4n) is 2.91. The second-order valence-electron chi connectivity index (χ2n) is 8.18. The van der Waals surface area contributed by atoms with Gasteiger partial charge in [-0.15, -0.1) is 0 Å². The molecule has 1 N–H and O–H groups in total. The number of rotatable bonds is 9. The van der Waals surface area contributed by atoms with E-state index in [0.29, 0.717) is 24.7 Å². The number of anilines is 1. The van der Waals surface area contributed by atoms with Crippen LogP contribution in [0.4, 0.5) is 11.4 Å². The van der Waals surface area contributed by atoms with Gasteiger partial charge in [-0.1, -0.05) is 45.0 Å². The normalized spacial score (nSPS) is 11.3. The highest BCUT2D eigenvalue weighted by Gasteiger charge is 2.13. The van der Waals surface area contributed by atoms with E-state index in [1.807, 2.05) is 36.4 Å². The van der Waals surface area contributed by atoms with Gasteiger partial charge in [0.1, 0.15) is 24.7 Å². The Morgan fingerprint density at radius 3 is 2.25 bits per heavy atom. The van der Waals surface area contributed by atoms with Crippen LogP contribution in [0, 0.1) is 10.1 Å². The molecule has 0 bridgehead atoms. The Morgan fingerprint density at radius 2 is 1.59 bits per heavy atom. The van der Waals surface area contributed by atoms with E-state index < -0.39 is 4.92 Å². The molecule has 3 rings (SSSR count). The molecule has 0 aliphatic carbocycles. The van der Waals surface area contributed by atoms with Crippen molar-refractivity contribution in [3.05, 3.63) is 94.0 Å². The minimum atomic E-state index is -0.439. The zero-order valence-corrected chi connectivity index (χ0v) is 18.4. The van der Waals surface area contributed by atoms with Crippen LogP contribution in [0.5, 0.6) is 11.5 Å². The van der Waals surface area contributed by atoms with E-state index in [9.17, 15) is 10.1 Å². The van der Waals surface area contributed by atoms with Gasteiger partial charge in [-0.2, -0.15) is 5.10 Å². The molecule has 0 aromatic heterocycles. The summed E-state index contributed by atoms with van der Waals surface area (Å²) in [5.41, 5.74) is 5.71. The van der Waals surface area contributed by atoms with Gasteiger partial charge in [-0.05, 0) is 47.4 Å². The van der Waals surface area contributed by atoms with Gasteiger partial charge in [0.25, 0.3) is 5.69 Å². The highest BCUT2D eigenvalue weighted by atomic mass is 16.6. The number of nitrogens with zero attached hydrogens (tertiary/aromatic N) is 2. The smallest absolute Gasteiger partial charge is 0.269 e. The summed E-state index contributed by atoms with van der Waals surface area (Å²) in [7, 11) is 0. The first-order chi connectivity index (χ1) is 15.3. The molecule has 32 heavy (non-hydrogen) atoms. The van der Waals surface area contributed by atoms with Crippen molar-refractivity contribution in [1.82, 2.24) is 0 Å². The topological polar surface area (TPSA) is 86.0 Å². The molecule has 0 fully saturated rings. The van der Waals surface area contributed by atoms with Crippen LogP contribution in [0.3, 0.4) is 0 Å². The van der Waals surface area contributed by atoms with Gasteiger partial charge in [0.05, 0.1) is 16.8 Å². The summed E-state index contributed by atoms with van der Waals surface area (Å²) in [5, 5.41) is 14.9. The van der Waals surface area contributed by atoms with Crippen molar-refractivity contribution in [2.45, 2.75) is 26.2 Å². The van der Waals surface area contributed by atoms with Crippen molar-refractivity contribution in [3.63, 3.8) is 0 Å². The Morgan fingerprint density at radius 1 is 0.938 bits per heavy atom.